The van der Waals surface area contributed by atoms with Gasteiger partial charge in [0.15, 0.2) is 0 Å². The SMILES string of the molecule is CCN(CC)c1ccc(CNc2cc(C)nc3nc(C(F)(F)F)nn23)cc1F. The van der Waals surface area contributed by atoms with Crippen LogP contribution in [0.4, 0.5) is 29.1 Å². The third kappa shape index (κ3) is 4.00. The van der Waals surface area contributed by atoms with Crippen LogP contribution in [-0.4, -0.2) is 32.7 Å². The van der Waals surface area contributed by atoms with Gasteiger partial charge in [-0.1, -0.05) is 6.07 Å². The Labute approximate surface area is 159 Å². The summed E-state index contributed by atoms with van der Waals surface area (Å²) in [6.07, 6.45) is -4.66. The molecule has 0 saturated carbocycles. The quantitative estimate of drug-likeness (QED) is 0.637. The van der Waals surface area contributed by atoms with Gasteiger partial charge in [-0.25, -0.2) is 9.37 Å². The van der Waals surface area contributed by atoms with Gasteiger partial charge < -0.3 is 10.2 Å². The average molecular weight is 396 g/mol. The van der Waals surface area contributed by atoms with E-state index in [1.165, 1.54) is 6.07 Å². The van der Waals surface area contributed by atoms with Gasteiger partial charge in [0.2, 0.25) is 0 Å². The fraction of sp³-hybridized carbons (Fsp3) is 0.389. The van der Waals surface area contributed by atoms with E-state index in [0.29, 0.717) is 35.9 Å². The number of fused-ring (bicyclic) bond motifs is 1. The smallest absolute Gasteiger partial charge is 0.370 e. The van der Waals surface area contributed by atoms with Crippen molar-refractivity contribution in [1.29, 1.82) is 0 Å². The standard InChI is InChI=1S/C18H20F4N6/c1-4-27(5-2)14-7-6-12(9-13(14)19)10-23-15-8-11(3)24-17-25-16(18(20,21)22)26-28(15)17/h6-9,23H,4-5,10H2,1-3H3. The van der Waals surface area contributed by atoms with Gasteiger partial charge in [0, 0.05) is 31.4 Å². The van der Waals surface area contributed by atoms with Gasteiger partial charge in [-0.15, -0.1) is 5.10 Å². The first-order valence-corrected chi connectivity index (χ1v) is 8.81. The monoisotopic (exact) mass is 396 g/mol. The molecule has 0 bridgehead atoms. The van der Waals surface area contributed by atoms with Crippen molar-refractivity contribution >= 4 is 17.3 Å². The fourth-order valence-electron chi connectivity index (χ4n) is 2.91. The Kier molecular flexibility index (Phi) is 5.39. The van der Waals surface area contributed by atoms with E-state index in [1.54, 1.807) is 25.1 Å². The molecule has 0 spiro atoms. The van der Waals surface area contributed by atoms with Gasteiger partial charge in [0.05, 0.1) is 5.69 Å². The largest absolute Gasteiger partial charge is 0.453 e. The van der Waals surface area contributed by atoms with Crippen LogP contribution in [0.1, 0.15) is 30.9 Å². The van der Waals surface area contributed by atoms with Crippen molar-refractivity contribution in [3.05, 3.63) is 47.2 Å². The number of hydrogen-bond donors (Lipinski definition) is 1. The number of nitrogens with one attached hydrogen (secondary N) is 1. The Morgan fingerprint density at radius 1 is 1.11 bits per heavy atom. The molecule has 150 valence electrons. The second kappa shape index (κ2) is 7.61. The molecule has 28 heavy (non-hydrogen) atoms. The van der Waals surface area contributed by atoms with Crippen molar-refractivity contribution in [3.63, 3.8) is 0 Å². The molecule has 0 radical (unpaired) electrons. The molecule has 1 aromatic carbocycles. The molecule has 0 amide bonds. The van der Waals surface area contributed by atoms with Crippen LogP contribution >= 0.6 is 0 Å². The Morgan fingerprint density at radius 2 is 1.82 bits per heavy atom. The molecule has 3 rings (SSSR count). The molecule has 0 unspecified atom stereocenters. The molecule has 0 atom stereocenters. The lowest BCUT2D eigenvalue weighted by atomic mass is 10.1. The van der Waals surface area contributed by atoms with Crippen LogP contribution < -0.4 is 10.2 Å². The predicted octanol–water partition coefficient (Wildman–Crippen LogP) is 4.05. The van der Waals surface area contributed by atoms with E-state index in [2.05, 4.69) is 20.4 Å². The minimum absolute atomic E-state index is 0.155. The maximum absolute atomic E-state index is 14.4. The molecule has 10 heteroatoms. The van der Waals surface area contributed by atoms with Crippen molar-refractivity contribution in [1.82, 2.24) is 19.6 Å². The van der Waals surface area contributed by atoms with Crippen molar-refractivity contribution in [2.24, 2.45) is 0 Å². The maximum Gasteiger partial charge on any atom is 0.453 e. The lowest BCUT2D eigenvalue weighted by Crippen LogP contribution is -2.23. The number of nitrogens with zero attached hydrogens (tertiary/aromatic N) is 5. The third-order valence-electron chi connectivity index (χ3n) is 4.28. The summed E-state index contributed by atoms with van der Waals surface area (Å²) in [6, 6.07) is 6.44. The van der Waals surface area contributed by atoms with E-state index in [-0.39, 0.29) is 18.1 Å². The highest BCUT2D eigenvalue weighted by atomic mass is 19.4. The van der Waals surface area contributed by atoms with Crippen LogP contribution in [0.15, 0.2) is 24.3 Å². The van der Waals surface area contributed by atoms with Gasteiger partial charge in [-0.2, -0.15) is 22.7 Å². The van der Waals surface area contributed by atoms with E-state index < -0.39 is 12.0 Å². The second-order valence-corrected chi connectivity index (χ2v) is 6.24. The molecule has 0 aliphatic rings. The normalized spacial score (nSPS) is 11.8. The van der Waals surface area contributed by atoms with Crippen LogP contribution in [0.3, 0.4) is 0 Å². The second-order valence-electron chi connectivity index (χ2n) is 6.24. The number of anilines is 2. The summed E-state index contributed by atoms with van der Waals surface area (Å²) in [4.78, 5) is 9.31. The molecule has 0 aliphatic heterocycles. The van der Waals surface area contributed by atoms with E-state index in [9.17, 15) is 17.6 Å². The Balaban J connectivity index is 1.85. The van der Waals surface area contributed by atoms with Crippen LogP contribution in [0.5, 0.6) is 0 Å². The highest BCUT2D eigenvalue weighted by molar-refractivity contribution is 5.50. The van der Waals surface area contributed by atoms with Gasteiger partial charge in [-0.05, 0) is 38.5 Å². The molecule has 2 aromatic heterocycles. The maximum atomic E-state index is 14.4. The summed E-state index contributed by atoms with van der Waals surface area (Å²) in [5.41, 5.74) is 1.65. The fourth-order valence-corrected chi connectivity index (χ4v) is 2.91. The third-order valence-corrected chi connectivity index (χ3v) is 4.28. The van der Waals surface area contributed by atoms with Crippen LogP contribution in [0.25, 0.3) is 5.78 Å². The summed E-state index contributed by atoms with van der Waals surface area (Å²) < 4.78 is 54.1. The lowest BCUT2D eigenvalue weighted by Gasteiger charge is -2.22. The van der Waals surface area contributed by atoms with E-state index in [0.717, 1.165) is 4.52 Å². The first kappa shape index (κ1) is 19.8. The molecule has 0 fully saturated rings. The van der Waals surface area contributed by atoms with Gasteiger partial charge in [0.1, 0.15) is 11.6 Å². The highest BCUT2D eigenvalue weighted by Crippen LogP contribution is 2.27. The zero-order valence-corrected chi connectivity index (χ0v) is 15.7. The molecule has 0 saturated heterocycles. The van der Waals surface area contributed by atoms with E-state index in [4.69, 9.17) is 0 Å². The van der Waals surface area contributed by atoms with E-state index >= 15 is 0 Å². The topological polar surface area (TPSA) is 58.3 Å². The van der Waals surface area contributed by atoms with Gasteiger partial charge in [-0.3, -0.25) is 0 Å². The van der Waals surface area contributed by atoms with Crippen LogP contribution in [-0.2, 0) is 12.7 Å². The van der Waals surface area contributed by atoms with Gasteiger partial charge in [0.25, 0.3) is 11.6 Å². The number of hydrogen-bond acceptors (Lipinski definition) is 5. The summed E-state index contributed by atoms with van der Waals surface area (Å²) in [6.45, 7) is 7.12. The molecule has 6 nitrogen and oxygen atoms in total. The molecule has 3 aromatic rings. The van der Waals surface area contributed by atoms with Gasteiger partial charge >= 0.3 is 6.18 Å². The predicted molar refractivity (Wildman–Crippen MR) is 97.8 cm³/mol. The van der Waals surface area contributed by atoms with E-state index in [1.807, 2.05) is 18.7 Å². The summed E-state index contributed by atoms with van der Waals surface area (Å²) >= 11 is 0. The molecular formula is C18H20F4N6. The number of halogens is 4. The summed E-state index contributed by atoms with van der Waals surface area (Å²) in [7, 11) is 0. The lowest BCUT2D eigenvalue weighted by molar-refractivity contribution is -0.144. The van der Waals surface area contributed by atoms with Crippen molar-refractivity contribution in [3.8, 4) is 0 Å². The number of alkyl halides is 3. The van der Waals surface area contributed by atoms with Crippen LogP contribution in [0, 0.1) is 12.7 Å². The number of benzene rings is 1. The Hall–Kier alpha value is -2.91. The highest BCUT2D eigenvalue weighted by Gasteiger charge is 2.36. The molecular weight excluding hydrogens is 376 g/mol. The minimum Gasteiger partial charge on any atom is -0.370 e. The first-order chi connectivity index (χ1) is 13.2. The molecule has 2 heterocycles. The number of aromatic nitrogens is 4. The summed E-state index contributed by atoms with van der Waals surface area (Å²) in [5, 5.41) is 6.48. The molecule has 0 aliphatic carbocycles. The first-order valence-electron chi connectivity index (χ1n) is 8.81. The molecule has 1 N–H and O–H groups in total. The van der Waals surface area contributed by atoms with Crippen molar-refractivity contribution in [2.75, 3.05) is 23.3 Å². The zero-order valence-electron chi connectivity index (χ0n) is 15.7. The minimum atomic E-state index is -4.66. The van der Waals surface area contributed by atoms with Crippen molar-refractivity contribution < 1.29 is 17.6 Å². The Morgan fingerprint density at radius 3 is 2.43 bits per heavy atom. The van der Waals surface area contributed by atoms with Crippen LogP contribution in [0.2, 0.25) is 0 Å². The number of rotatable bonds is 6. The zero-order chi connectivity index (χ0) is 20.5. The summed E-state index contributed by atoms with van der Waals surface area (Å²) in [5.74, 6) is -1.47. The van der Waals surface area contributed by atoms with Crippen molar-refractivity contribution in [2.45, 2.75) is 33.5 Å². The Bertz CT molecular complexity index is 978. The average Bonchev–Trinajstić information content (AvgIpc) is 3.06. The number of aryl methyl sites for hydroxylation is 1.